The molecular weight excluding hydrogens is 236 g/mol. The van der Waals surface area contributed by atoms with E-state index in [2.05, 4.69) is 20.9 Å². The fraction of sp³-hybridized carbons (Fsp3) is 0.250. The number of hydrogen-bond donors (Lipinski definition) is 2. The third-order valence-corrected chi connectivity index (χ3v) is 2.13. The summed E-state index contributed by atoms with van der Waals surface area (Å²) in [6.07, 6.45) is 0. The second-order valence-electron chi connectivity index (χ2n) is 2.85. The van der Waals surface area contributed by atoms with Crippen molar-refractivity contribution < 1.29 is 9.90 Å². The van der Waals surface area contributed by atoms with E-state index in [1.807, 2.05) is 0 Å². The molecule has 5 heteroatoms. The molecule has 0 amide bonds. The van der Waals surface area contributed by atoms with Crippen molar-refractivity contribution in [1.29, 1.82) is 0 Å². The number of carboxylic acid groups (broad SMARTS) is 1. The van der Waals surface area contributed by atoms with Crippen LogP contribution in [0.25, 0.3) is 0 Å². The molecule has 0 aliphatic heterocycles. The largest absolute Gasteiger partial charge is 0.480 e. The Morgan fingerprint density at radius 2 is 2.31 bits per heavy atom. The van der Waals surface area contributed by atoms with Gasteiger partial charge in [-0.25, -0.2) is 9.78 Å². The fourth-order valence-corrected chi connectivity index (χ4v) is 1.15. The Morgan fingerprint density at radius 1 is 1.69 bits per heavy atom. The molecular formula is C8H9BrN2O2. The lowest BCUT2D eigenvalue weighted by Gasteiger charge is -2.18. The Balaban J connectivity index is 3.14. The van der Waals surface area contributed by atoms with E-state index in [9.17, 15) is 4.79 Å². The van der Waals surface area contributed by atoms with Crippen LogP contribution in [0.2, 0.25) is 0 Å². The molecule has 0 aliphatic rings. The van der Waals surface area contributed by atoms with Crippen LogP contribution in [-0.2, 0) is 10.3 Å². The van der Waals surface area contributed by atoms with Crippen LogP contribution in [0.5, 0.6) is 0 Å². The maximum atomic E-state index is 10.8. The molecule has 1 aromatic rings. The molecule has 0 aromatic carbocycles. The Labute approximate surface area is 83.9 Å². The molecule has 0 saturated heterocycles. The van der Waals surface area contributed by atoms with Crippen LogP contribution in [0, 0.1) is 0 Å². The van der Waals surface area contributed by atoms with Gasteiger partial charge in [-0.2, -0.15) is 0 Å². The standard InChI is InChI=1S/C8H9BrN2O2/c1-8(10,7(12)13)5-3-2-4-6(9)11-5/h2-4H,10H2,1H3,(H,12,13). The summed E-state index contributed by atoms with van der Waals surface area (Å²) in [6.45, 7) is 1.41. The summed E-state index contributed by atoms with van der Waals surface area (Å²) in [5.41, 5.74) is 4.45. The van der Waals surface area contributed by atoms with Crippen molar-refractivity contribution in [2.24, 2.45) is 5.73 Å². The molecule has 1 aromatic heterocycles. The molecule has 0 fully saturated rings. The highest BCUT2D eigenvalue weighted by Crippen LogP contribution is 2.17. The highest BCUT2D eigenvalue weighted by Gasteiger charge is 2.31. The van der Waals surface area contributed by atoms with Gasteiger partial charge in [0.1, 0.15) is 4.60 Å². The molecule has 0 bridgehead atoms. The summed E-state index contributed by atoms with van der Waals surface area (Å²) in [7, 11) is 0. The zero-order valence-electron chi connectivity index (χ0n) is 6.99. The van der Waals surface area contributed by atoms with Crippen molar-refractivity contribution in [3.8, 4) is 0 Å². The molecule has 0 spiro atoms. The van der Waals surface area contributed by atoms with E-state index in [1.54, 1.807) is 18.2 Å². The number of carboxylic acids is 1. The molecule has 0 saturated carbocycles. The van der Waals surface area contributed by atoms with Gasteiger partial charge in [0, 0.05) is 0 Å². The molecule has 1 rings (SSSR count). The highest BCUT2D eigenvalue weighted by molar-refractivity contribution is 9.10. The lowest BCUT2D eigenvalue weighted by Crippen LogP contribution is -2.42. The van der Waals surface area contributed by atoms with Crippen molar-refractivity contribution in [3.63, 3.8) is 0 Å². The van der Waals surface area contributed by atoms with Crippen LogP contribution in [0.1, 0.15) is 12.6 Å². The highest BCUT2D eigenvalue weighted by atomic mass is 79.9. The molecule has 0 radical (unpaired) electrons. The first-order valence-electron chi connectivity index (χ1n) is 3.60. The zero-order valence-corrected chi connectivity index (χ0v) is 8.58. The van der Waals surface area contributed by atoms with E-state index in [-0.39, 0.29) is 0 Å². The Morgan fingerprint density at radius 3 is 2.77 bits per heavy atom. The summed E-state index contributed by atoms with van der Waals surface area (Å²) in [4.78, 5) is 14.7. The van der Waals surface area contributed by atoms with Gasteiger partial charge in [0.15, 0.2) is 5.54 Å². The van der Waals surface area contributed by atoms with E-state index in [0.29, 0.717) is 10.3 Å². The van der Waals surface area contributed by atoms with Crippen molar-refractivity contribution in [2.75, 3.05) is 0 Å². The minimum Gasteiger partial charge on any atom is -0.480 e. The van der Waals surface area contributed by atoms with Gasteiger partial charge < -0.3 is 10.8 Å². The van der Waals surface area contributed by atoms with Gasteiger partial charge in [0.2, 0.25) is 0 Å². The predicted molar refractivity (Wildman–Crippen MR) is 51.1 cm³/mol. The number of pyridine rings is 1. The number of aliphatic carboxylic acids is 1. The van der Waals surface area contributed by atoms with E-state index < -0.39 is 11.5 Å². The minimum atomic E-state index is -1.44. The average molecular weight is 245 g/mol. The number of hydrogen-bond acceptors (Lipinski definition) is 3. The van der Waals surface area contributed by atoms with E-state index in [4.69, 9.17) is 10.8 Å². The summed E-state index contributed by atoms with van der Waals surface area (Å²) in [5, 5.41) is 8.81. The molecule has 4 nitrogen and oxygen atoms in total. The SMILES string of the molecule is CC(N)(C(=O)O)c1cccc(Br)n1. The monoisotopic (exact) mass is 244 g/mol. The summed E-state index contributed by atoms with van der Waals surface area (Å²) >= 11 is 3.14. The fourth-order valence-electron chi connectivity index (χ4n) is 0.807. The predicted octanol–water partition coefficient (Wildman–Crippen LogP) is 1.10. The first kappa shape index (κ1) is 10.1. The molecule has 1 atom stereocenters. The first-order valence-corrected chi connectivity index (χ1v) is 4.39. The third kappa shape index (κ3) is 2.05. The summed E-state index contributed by atoms with van der Waals surface area (Å²) in [6, 6.07) is 4.99. The smallest absolute Gasteiger partial charge is 0.329 e. The number of aromatic nitrogens is 1. The maximum absolute atomic E-state index is 10.8. The number of rotatable bonds is 2. The lowest BCUT2D eigenvalue weighted by molar-refractivity contribution is -0.143. The second kappa shape index (κ2) is 3.43. The third-order valence-electron chi connectivity index (χ3n) is 1.69. The number of halogens is 1. The van der Waals surface area contributed by atoms with Crippen molar-refractivity contribution >= 4 is 21.9 Å². The lowest BCUT2D eigenvalue weighted by atomic mass is 9.99. The van der Waals surface area contributed by atoms with Gasteiger partial charge in [-0.15, -0.1) is 0 Å². The minimum absolute atomic E-state index is 0.328. The van der Waals surface area contributed by atoms with Gasteiger partial charge in [0.05, 0.1) is 5.69 Å². The van der Waals surface area contributed by atoms with Gasteiger partial charge >= 0.3 is 5.97 Å². The Hall–Kier alpha value is -0.940. The van der Waals surface area contributed by atoms with Crippen LogP contribution in [-0.4, -0.2) is 16.1 Å². The van der Waals surface area contributed by atoms with Crippen LogP contribution in [0.3, 0.4) is 0 Å². The van der Waals surface area contributed by atoms with Crippen LogP contribution < -0.4 is 5.73 Å². The average Bonchev–Trinajstić information content (AvgIpc) is 2.04. The Bertz CT molecular complexity index is 339. The first-order chi connectivity index (χ1) is 5.94. The maximum Gasteiger partial charge on any atom is 0.329 e. The van der Waals surface area contributed by atoms with Crippen molar-refractivity contribution in [1.82, 2.24) is 4.98 Å². The van der Waals surface area contributed by atoms with Gasteiger partial charge in [-0.05, 0) is 35.0 Å². The molecule has 0 aliphatic carbocycles. The number of nitrogens with two attached hydrogens (primary N) is 1. The normalized spacial score (nSPS) is 15.0. The zero-order chi connectivity index (χ0) is 10.1. The van der Waals surface area contributed by atoms with Gasteiger partial charge in [-0.3, -0.25) is 0 Å². The van der Waals surface area contributed by atoms with E-state index in [1.165, 1.54) is 6.92 Å². The van der Waals surface area contributed by atoms with Crippen LogP contribution in [0.4, 0.5) is 0 Å². The van der Waals surface area contributed by atoms with Gasteiger partial charge in [0.25, 0.3) is 0 Å². The molecule has 1 heterocycles. The number of nitrogens with zero attached hydrogens (tertiary/aromatic N) is 1. The summed E-state index contributed by atoms with van der Waals surface area (Å²) < 4.78 is 0.572. The second-order valence-corrected chi connectivity index (χ2v) is 3.67. The quantitative estimate of drug-likeness (QED) is 0.765. The van der Waals surface area contributed by atoms with E-state index >= 15 is 0 Å². The van der Waals surface area contributed by atoms with Crippen LogP contribution in [0.15, 0.2) is 22.8 Å². The Kier molecular flexibility index (Phi) is 2.68. The molecule has 13 heavy (non-hydrogen) atoms. The topological polar surface area (TPSA) is 76.2 Å². The molecule has 3 N–H and O–H groups in total. The summed E-state index contributed by atoms with van der Waals surface area (Å²) in [5.74, 6) is -1.10. The van der Waals surface area contributed by atoms with Crippen molar-refractivity contribution in [3.05, 3.63) is 28.5 Å². The molecule has 70 valence electrons. The van der Waals surface area contributed by atoms with Crippen LogP contribution >= 0.6 is 15.9 Å². The number of carbonyl (C=O) groups is 1. The van der Waals surface area contributed by atoms with E-state index in [0.717, 1.165) is 0 Å². The van der Waals surface area contributed by atoms with Crippen molar-refractivity contribution in [2.45, 2.75) is 12.5 Å². The van der Waals surface area contributed by atoms with Gasteiger partial charge in [-0.1, -0.05) is 6.07 Å². The molecule has 1 unspecified atom stereocenters.